The maximum absolute atomic E-state index is 4.84. The van der Waals surface area contributed by atoms with Gasteiger partial charge in [0.15, 0.2) is 16.6 Å². The number of thiazole rings is 1. The minimum Gasteiger partial charge on any atom is -0.348 e. The second-order valence-corrected chi connectivity index (χ2v) is 9.38. The van der Waals surface area contributed by atoms with Crippen LogP contribution in [0.3, 0.4) is 0 Å². The molecule has 4 heterocycles. The van der Waals surface area contributed by atoms with Gasteiger partial charge in [-0.1, -0.05) is 20.8 Å². The normalized spacial score (nSPS) is 16.6. The third kappa shape index (κ3) is 3.09. The third-order valence-electron chi connectivity index (χ3n) is 5.20. The lowest BCUT2D eigenvalue weighted by Crippen LogP contribution is -2.33. The van der Waals surface area contributed by atoms with E-state index in [0.717, 1.165) is 53.9 Å². The van der Waals surface area contributed by atoms with Crippen LogP contribution in [0.5, 0.6) is 0 Å². The maximum atomic E-state index is 4.84. The number of hydrogen-bond acceptors (Lipinski definition) is 6. The number of nitrogens with zero attached hydrogens (tertiary/aromatic N) is 6. The van der Waals surface area contributed by atoms with E-state index in [1.54, 1.807) is 11.3 Å². The summed E-state index contributed by atoms with van der Waals surface area (Å²) in [5.74, 6) is 1.39. The molecular weight excluding hydrogens is 344 g/mol. The molecule has 0 saturated carbocycles. The number of aromatic nitrogens is 5. The van der Waals surface area contributed by atoms with Crippen molar-refractivity contribution in [3.05, 3.63) is 34.2 Å². The van der Waals surface area contributed by atoms with Crippen LogP contribution in [-0.4, -0.2) is 37.9 Å². The van der Waals surface area contributed by atoms with Crippen molar-refractivity contribution in [2.45, 2.75) is 58.8 Å². The van der Waals surface area contributed by atoms with Crippen LogP contribution < -0.4 is 4.90 Å². The van der Waals surface area contributed by atoms with Crippen molar-refractivity contribution < 1.29 is 0 Å². The average Bonchev–Trinajstić information content (AvgIpc) is 3.17. The molecule has 1 fully saturated rings. The molecule has 0 aromatic carbocycles. The lowest BCUT2D eigenvalue weighted by Gasteiger charge is -2.30. The molecule has 138 valence electrons. The van der Waals surface area contributed by atoms with Crippen LogP contribution >= 0.6 is 11.3 Å². The van der Waals surface area contributed by atoms with E-state index in [9.17, 15) is 0 Å². The second-order valence-electron chi connectivity index (χ2n) is 8.20. The van der Waals surface area contributed by atoms with E-state index < -0.39 is 0 Å². The second kappa shape index (κ2) is 6.30. The fraction of sp³-hybridized carbons (Fsp3) is 0.579. The molecule has 1 saturated heterocycles. The highest BCUT2D eigenvalue weighted by Gasteiger charge is 2.27. The van der Waals surface area contributed by atoms with Gasteiger partial charge in [-0.05, 0) is 38.8 Å². The van der Waals surface area contributed by atoms with Crippen molar-refractivity contribution in [3.63, 3.8) is 0 Å². The topological polar surface area (TPSA) is 59.2 Å². The SMILES string of the molecule is Cc1nc(N2CCC(c3nnc4ccc(C(C)(C)C)nn34)CC2)sc1C. The molecular formula is C19H26N6S. The molecule has 26 heavy (non-hydrogen) atoms. The highest BCUT2D eigenvalue weighted by Crippen LogP contribution is 2.32. The van der Waals surface area contributed by atoms with E-state index in [1.807, 2.05) is 10.6 Å². The first-order valence-corrected chi connectivity index (χ1v) is 10.1. The van der Waals surface area contributed by atoms with Gasteiger partial charge in [0.05, 0.1) is 11.4 Å². The maximum Gasteiger partial charge on any atom is 0.185 e. The van der Waals surface area contributed by atoms with E-state index in [-0.39, 0.29) is 5.41 Å². The highest BCUT2D eigenvalue weighted by atomic mass is 32.1. The highest BCUT2D eigenvalue weighted by molar-refractivity contribution is 7.15. The van der Waals surface area contributed by atoms with Crippen molar-refractivity contribution in [3.8, 4) is 0 Å². The fourth-order valence-corrected chi connectivity index (χ4v) is 4.34. The summed E-state index contributed by atoms with van der Waals surface area (Å²) in [7, 11) is 0. The molecule has 0 amide bonds. The van der Waals surface area contributed by atoms with Crippen molar-refractivity contribution in [1.29, 1.82) is 0 Å². The van der Waals surface area contributed by atoms with Crippen LogP contribution in [0.2, 0.25) is 0 Å². The first-order valence-electron chi connectivity index (χ1n) is 9.25. The number of rotatable bonds is 2. The fourth-order valence-electron chi connectivity index (χ4n) is 3.38. The minimum absolute atomic E-state index is 0.0135. The van der Waals surface area contributed by atoms with Gasteiger partial charge in [-0.25, -0.2) is 4.98 Å². The van der Waals surface area contributed by atoms with Crippen LogP contribution in [-0.2, 0) is 5.41 Å². The van der Waals surface area contributed by atoms with Crippen molar-refractivity contribution in [2.24, 2.45) is 0 Å². The molecule has 6 nitrogen and oxygen atoms in total. The summed E-state index contributed by atoms with van der Waals surface area (Å²) in [6.07, 6.45) is 2.11. The van der Waals surface area contributed by atoms with Crippen LogP contribution in [0.15, 0.2) is 12.1 Å². The Morgan fingerprint density at radius 3 is 2.42 bits per heavy atom. The molecule has 0 bridgehead atoms. The zero-order chi connectivity index (χ0) is 18.5. The molecule has 0 atom stereocenters. The van der Waals surface area contributed by atoms with E-state index in [4.69, 9.17) is 10.1 Å². The third-order valence-corrected chi connectivity index (χ3v) is 6.34. The predicted molar refractivity (Wildman–Crippen MR) is 105 cm³/mol. The van der Waals surface area contributed by atoms with E-state index in [1.165, 1.54) is 4.88 Å². The molecule has 4 rings (SSSR count). The van der Waals surface area contributed by atoms with Crippen LogP contribution in [0.25, 0.3) is 5.65 Å². The van der Waals surface area contributed by atoms with E-state index in [0.29, 0.717) is 5.92 Å². The van der Waals surface area contributed by atoms with Crippen LogP contribution in [0.4, 0.5) is 5.13 Å². The van der Waals surface area contributed by atoms with Crippen molar-refractivity contribution >= 4 is 22.1 Å². The number of hydrogen-bond donors (Lipinski definition) is 0. The Morgan fingerprint density at radius 2 is 1.81 bits per heavy atom. The molecule has 0 spiro atoms. The molecule has 0 N–H and O–H groups in total. The molecule has 3 aromatic rings. The molecule has 1 aliphatic rings. The monoisotopic (exact) mass is 370 g/mol. The summed E-state index contributed by atoms with van der Waals surface area (Å²) in [4.78, 5) is 8.42. The summed E-state index contributed by atoms with van der Waals surface area (Å²) in [5, 5.41) is 14.8. The largest absolute Gasteiger partial charge is 0.348 e. The number of fused-ring (bicyclic) bond motifs is 1. The Bertz CT molecular complexity index is 908. The first-order chi connectivity index (χ1) is 12.3. The van der Waals surface area contributed by atoms with Gasteiger partial charge in [0.1, 0.15) is 0 Å². The quantitative estimate of drug-likeness (QED) is 0.685. The van der Waals surface area contributed by atoms with E-state index >= 15 is 0 Å². The first kappa shape index (κ1) is 17.4. The molecule has 7 heteroatoms. The lowest BCUT2D eigenvalue weighted by molar-refractivity contribution is 0.472. The van der Waals surface area contributed by atoms with E-state index in [2.05, 4.69) is 55.8 Å². The Kier molecular flexibility index (Phi) is 4.22. The summed E-state index contributed by atoms with van der Waals surface area (Å²) in [5.41, 5.74) is 3.06. The van der Waals surface area contributed by atoms with Gasteiger partial charge in [-0.3, -0.25) is 0 Å². The summed E-state index contributed by atoms with van der Waals surface area (Å²) < 4.78 is 1.96. The molecule has 0 aliphatic carbocycles. The van der Waals surface area contributed by atoms with Gasteiger partial charge in [0.2, 0.25) is 0 Å². The Balaban J connectivity index is 1.56. The summed E-state index contributed by atoms with van der Waals surface area (Å²) in [6, 6.07) is 4.09. The molecule has 0 radical (unpaired) electrons. The molecule has 0 unspecified atom stereocenters. The zero-order valence-corrected chi connectivity index (χ0v) is 17.0. The summed E-state index contributed by atoms with van der Waals surface area (Å²) >= 11 is 1.80. The summed E-state index contributed by atoms with van der Waals surface area (Å²) in [6.45, 7) is 12.8. The lowest BCUT2D eigenvalue weighted by atomic mass is 9.92. The van der Waals surface area contributed by atoms with Gasteiger partial charge in [0.25, 0.3) is 0 Å². The van der Waals surface area contributed by atoms with Crippen LogP contribution in [0.1, 0.15) is 61.6 Å². The van der Waals surface area contributed by atoms with Gasteiger partial charge in [-0.15, -0.1) is 21.5 Å². The smallest absolute Gasteiger partial charge is 0.185 e. The predicted octanol–water partition coefficient (Wildman–Crippen LogP) is 3.88. The number of aryl methyl sites for hydroxylation is 2. The minimum atomic E-state index is 0.0135. The Hall–Kier alpha value is -2.02. The van der Waals surface area contributed by atoms with Crippen molar-refractivity contribution in [1.82, 2.24) is 24.8 Å². The van der Waals surface area contributed by atoms with Gasteiger partial charge in [-0.2, -0.15) is 9.61 Å². The average molecular weight is 371 g/mol. The standard InChI is InChI=1S/C19H26N6S/c1-12-13(2)26-18(20-12)24-10-8-14(9-11-24)17-22-21-16-7-6-15(19(3,4)5)23-25(16)17/h6-7,14H,8-11H2,1-5H3. The Morgan fingerprint density at radius 1 is 1.08 bits per heavy atom. The molecule has 3 aromatic heterocycles. The Labute approximate surface area is 158 Å². The van der Waals surface area contributed by atoms with Gasteiger partial charge in [0, 0.05) is 29.3 Å². The number of piperidine rings is 1. The number of anilines is 1. The van der Waals surface area contributed by atoms with Crippen LogP contribution in [0, 0.1) is 13.8 Å². The zero-order valence-electron chi connectivity index (χ0n) is 16.2. The molecule has 1 aliphatic heterocycles. The van der Waals surface area contributed by atoms with Gasteiger partial charge >= 0.3 is 0 Å². The van der Waals surface area contributed by atoms with Crippen molar-refractivity contribution in [2.75, 3.05) is 18.0 Å². The van der Waals surface area contributed by atoms with Gasteiger partial charge < -0.3 is 4.90 Å².